The first-order valence-electron chi connectivity index (χ1n) is 11.6. The normalized spacial score (nSPS) is 12.1. The lowest BCUT2D eigenvalue weighted by Gasteiger charge is -2.17. The van der Waals surface area contributed by atoms with Crippen molar-refractivity contribution in [3.05, 3.63) is 29.8 Å². The maximum atomic E-state index is 10.7. The molecule has 0 aliphatic carbocycles. The van der Waals surface area contributed by atoms with E-state index in [1.165, 1.54) is 51.4 Å². The molecule has 0 saturated heterocycles. The van der Waals surface area contributed by atoms with Crippen LogP contribution in [0.2, 0.25) is 0 Å². The molecule has 4 nitrogen and oxygen atoms in total. The van der Waals surface area contributed by atoms with Gasteiger partial charge in [-0.25, -0.2) is 0 Å². The molecule has 0 aliphatic rings. The van der Waals surface area contributed by atoms with Gasteiger partial charge in [-0.3, -0.25) is 4.79 Å². The number of hydrogen-bond acceptors (Lipinski definition) is 3. The summed E-state index contributed by atoms with van der Waals surface area (Å²) in [6, 6.07) is 8.01. The molecule has 1 rings (SSSR count). The van der Waals surface area contributed by atoms with E-state index in [2.05, 4.69) is 6.92 Å². The fraction of sp³-hybridized carbons (Fsp3) is 0.720. The highest BCUT2D eigenvalue weighted by molar-refractivity contribution is 5.66. The summed E-state index contributed by atoms with van der Waals surface area (Å²) in [7, 11) is 1.67. The predicted octanol–water partition coefficient (Wildman–Crippen LogP) is 7.00. The molecule has 1 atom stereocenters. The number of carbonyl (C=O) groups is 1. The molecule has 0 aliphatic heterocycles. The molecule has 4 heteroatoms. The van der Waals surface area contributed by atoms with Gasteiger partial charge in [-0.05, 0) is 36.5 Å². The van der Waals surface area contributed by atoms with Crippen LogP contribution in [0.3, 0.4) is 0 Å². The molecule has 0 saturated carbocycles. The first-order chi connectivity index (χ1) is 14.2. The van der Waals surface area contributed by atoms with Crippen molar-refractivity contribution < 1.29 is 19.4 Å². The van der Waals surface area contributed by atoms with Crippen LogP contribution in [0.15, 0.2) is 24.3 Å². The Morgan fingerprint density at radius 3 is 2.14 bits per heavy atom. The van der Waals surface area contributed by atoms with Crippen molar-refractivity contribution in [3.63, 3.8) is 0 Å². The molecular weight excluding hydrogens is 364 g/mol. The molecule has 0 heterocycles. The van der Waals surface area contributed by atoms with Crippen LogP contribution >= 0.6 is 0 Å². The van der Waals surface area contributed by atoms with Crippen LogP contribution in [0.5, 0.6) is 5.75 Å². The third-order valence-electron chi connectivity index (χ3n) is 5.57. The van der Waals surface area contributed by atoms with Gasteiger partial charge >= 0.3 is 5.97 Å². The average molecular weight is 407 g/mol. The second-order valence-corrected chi connectivity index (χ2v) is 8.10. The zero-order valence-electron chi connectivity index (χ0n) is 18.7. The van der Waals surface area contributed by atoms with Gasteiger partial charge in [0.2, 0.25) is 0 Å². The number of methoxy groups -OCH3 is 1. The third kappa shape index (κ3) is 14.1. The second kappa shape index (κ2) is 17.3. The van der Waals surface area contributed by atoms with Gasteiger partial charge in [0, 0.05) is 13.0 Å². The molecule has 1 aromatic rings. The van der Waals surface area contributed by atoms with Crippen LogP contribution < -0.4 is 4.74 Å². The number of unbranched alkanes of at least 4 members (excludes halogenated alkanes) is 7. The fourth-order valence-corrected chi connectivity index (χ4v) is 3.69. The molecule has 0 radical (unpaired) electrons. The zero-order chi connectivity index (χ0) is 21.2. The summed E-state index contributed by atoms with van der Waals surface area (Å²) >= 11 is 0. The number of benzene rings is 1. The van der Waals surface area contributed by atoms with E-state index in [4.69, 9.17) is 14.6 Å². The van der Waals surface area contributed by atoms with E-state index >= 15 is 0 Å². The lowest BCUT2D eigenvalue weighted by Crippen LogP contribution is -2.07. The Morgan fingerprint density at radius 2 is 1.52 bits per heavy atom. The van der Waals surface area contributed by atoms with Crippen molar-refractivity contribution in [2.45, 2.75) is 97.0 Å². The van der Waals surface area contributed by atoms with Crippen molar-refractivity contribution >= 4 is 5.97 Å². The van der Waals surface area contributed by atoms with Gasteiger partial charge in [-0.1, -0.05) is 83.3 Å². The molecule has 166 valence electrons. The minimum atomic E-state index is -0.684. The van der Waals surface area contributed by atoms with Gasteiger partial charge in [0.1, 0.15) is 5.75 Å². The van der Waals surface area contributed by atoms with Gasteiger partial charge in [-0.2, -0.15) is 0 Å². The SMILES string of the molecule is CCCCCCCCCC(CCCCC(=O)O)CCOCc1ccc(OC)cc1. The van der Waals surface area contributed by atoms with Crippen molar-refractivity contribution in [1.82, 2.24) is 0 Å². The van der Waals surface area contributed by atoms with Crippen LogP contribution in [0.4, 0.5) is 0 Å². The van der Waals surface area contributed by atoms with E-state index in [-0.39, 0.29) is 6.42 Å². The van der Waals surface area contributed by atoms with E-state index in [1.807, 2.05) is 24.3 Å². The number of ether oxygens (including phenoxy) is 2. The summed E-state index contributed by atoms with van der Waals surface area (Å²) in [6.07, 6.45) is 14.9. The molecule has 1 unspecified atom stereocenters. The van der Waals surface area contributed by atoms with E-state index in [1.54, 1.807) is 7.11 Å². The molecule has 0 spiro atoms. The number of carboxylic acid groups (broad SMARTS) is 1. The smallest absolute Gasteiger partial charge is 0.303 e. The zero-order valence-corrected chi connectivity index (χ0v) is 18.7. The molecule has 0 aromatic heterocycles. The summed E-state index contributed by atoms with van der Waals surface area (Å²) in [6.45, 7) is 3.66. The van der Waals surface area contributed by atoms with Crippen LogP contribution in [-0.4, -0.2) is 24.8 Å². The Labute approximate surface area is 178 Å². The van der Waals surface area contributed by atoms with Crippen molar-refractivity contribution in [1.29, 1.82) is 0 Å². The van der Waals surface area contributed by atoms with Gasteiger partial charge in [0.25, 0.3) is 0 Å². The number of aliphatic carboxylic acids is 1. The first-order valence-corrected chi connectivity index (χ1v) is 11.6. The molecular formula is C25H42O4. The molecule has 1 N–H and O–H groups in total. The van der Waals surface area contributed by atoms with E-state index in [0.717, 1.165) is 43.6 Å². The third-order valence-corrected chi connectivity index (χ3v) is 5.57. The molecule has 0 fully saturated rings. The maximum absolute atomic E-state index is 10.7. The maximum Gasteiger partial charge on any atom is 0.303 e. The Bertz CT molecular complexity index is 512. The van der Waals surface area contributed by atoms with Gasteiger partial charge in [0.15, 0.2) is 0 Å². The monoisotopic (exact) mass is 406 g/mol. The number of hydrogen-bond donors (Lipinski definition) is 1. The first kappa shape index (κ1) is 25.5. The van der Waals surface area contributed by atoms with Crippen molar-refractivity contribution in [2.24, 2.45) is 5.92 Å². The predicted molar refractivity (Wildman–Crippen MR) is 119 cm³/mol. The summed E-state index contributed by atoms with van der Waals surface area (Å²) in [5, 5.41) is 8.83. The lowest BCUT2D eigenvalue weighted by molar-refractivity contribution is -0.137. The largest absolute Gasteiger partial charge is 0.497 e. The molecule has 1 aromatic carbocycles. The highest BCUT2D eigenvalue weighted by Gasteiger charge is 2.10. The van der Waals surface area contributed by atoms with Gasteiger partial charge in [0.05, 0.1) is 13.7 Å². The Kier molecular flexibility index (Phi) is 15.2. The summed E-state index contributed by atoms with van der Waals surface area (Å²) < 4.78 is 11.1. The quantitative estimate of drug-likeness (QED) is 0.251. The summed E-state index contributed by atoms with van der Waals surface area (Å²) in [4.78, 5) is 10.7. The molecule has 0 bridgehead atoms. The van der Waals surface area contributed by atoms with E-state index in [0.29, 0.717) is 12.5 Å². The second-order valence-electron chi connectivity index (χ2n) is 8.10. The fourth-order valence-electron chi connectivity index (χ4n) is 3.69. The Balaban J connectivity index is 2.24. The molecule has 29 heavy (non-hydrogen) atoms. The van der Waals surface area contributed by atoms with Crippen LogP contribution in [-0.2, 0) is 16.1 Å². The van der Waals surface area contributed by atoms with Gasteiger partial charge in [-0.15, -0.1) is 0 Å². The highest BCUT2D eigenvalue weighted by Crippen LogP contribution is 2.22. The Hall–Kier alpha value is -1.55. The lowest BCUT2D eigenvalue weighted by atomic mass is 9.92. The minimum absolute atomic E-state index is 0.290. The average Bonchev–Trinajstić information content (AvgIpc) is 2.73. The van der Waals surface area contributed by atoms with Crippen LogP contribution in [0.1, 0.15) is 96.0 Å². The van der Waals surface area contributed by atoms with Crippen LogP contribution in [0, 0.1) is 5.92 Å². The van der Waals surface area contributed by atoms with Crippen molar-refractivity contribution in [2.75, 3.05) is 13.7 Å². The van der Waals surface area contributed by atoms with Crippen LogP contribution in [0.25, 0.3) is 0 Å². The molecule has 0 amide bonds. The Morgan fingerprint density at radius 1 is 0.897 bits per heavy atom. The highest BCUT2D eigenvalue weighted by atomic mass is 16.5. The number of rotatable bonds is 19. The topological polar surface area (TPSA) is 55.8 Å². The standard InChI is InChI=1S/C25H42O4/c1-3-4-5-6-7-8-9-12-22(13-10-11-14-25(26)27)19-20-29-21-23-15-17-24(28-2)18-16-23/h15-18,22H,3-14,19-21H2,1-2H3,(H,26,27). The van der Waals surface area contributed by atoms with Crippen molar-refractivity contribution in [3.8, 4) is 5.75 Å². The van der Waals surface area contributed by atoms with Gasteiger partial charge < -0.3 is 14.6 Å². The summed E-state index contributed by atoms with van der Waals surface area (Å²) in [5.74, 6) is 0.830. The summed E-state index contributed by atoms with van der Waals surface area (Å²) in [5.41, 5.74) is 1.16. The number of carboxylic acids is 1. The van der Waals surface area contributed by atoms with E-state index in [9.17, 15) is 4.79 Å². The minimum Gasteiger partial charge on any atom is -0.497 e. The van der Waals surface area contributed by atoms with E-state index < -0.39 is 5.97 Å².